The Morgan fingerprint density at radius 3 is 2.42 bits per heavy atom. The van der Waals surface area contributed by atoms with Crippen LogP contribution in [0.4, 0.5) is 0 Å². The maximum absolute atomic E-state index is 13.3. The number of guanidine groups is 1. The molecule has 1 aliphatic heterocycles. The molecule has 36 heavy (non-hydrogen) atoms. The van der Waals surface area contributed by atoms with Crippen LogP contribution in [0.3, 0.4) is 0 Å². The van der Waals surface area contributed by atoms with E-state index in [-0.39, 0.29) is 12.5 Å². The third-order valence-electron chi connectivity index (χ3n) is 6.24. The van der Waals surface area contributed by atoms with Crippen LogP contribution in [0, 0.1) is 6.92 Å². The number of hydrogen-bond acceptors (Lipinski definition) is 4. The normalized spacial score (nSPS) is 14.4. The number of amides is 1. The number of piperazine rings is 1. The minimum absolute atomic E-state index is 0.0389. The highest BCUT2D eigenvalue weighted by atomic mass is 16.5. The molecule has 0 bridgehead atoms. The fourth-order valence-electron chi connectivity index (χ4n) is 4.34. The molecule has 8 heteroatoms. The third-order valence-corrected chi connectivity index (χ3v) is 6.24. The first kappa shape index (κ1) is 24.9. The highest BCUT2D eigenvalue weighted by Gasteiger charge is 2.24. The number of allylic oxidation sites excluding steroid dienone is 1. The zero-order valence-electron chi connectivity index (χ0n) is 21.1. The molecule has 1 fully saturated rings. The Morgan fingerprint density at radius 1 is 1.06 bits per heavy atom. The summed E-state index contributed by atoms with van der Waals surface area (Å²) in [7, 11) is 3.39. The Balaban J connectivity index is 1.54. The minimum atomic E-state index is 0.0389. The molecule has 0 radical (unpaired) electrons. The number of benzene rings is 2. The molecule has 0 saturated carbocycles. The van der Waals surface area contributed by atoms with Crippen LogP contribution in [0.2, 0.25) is 0 Å². The maximum atomic E-state index is 13.3. The van der Waals surface area contributed by atoms with E-state index in [9.17, 15) is 4.79 Å². The van der Waals surface area contributed by atoms with E-state index in [2.05, 4.69) is 27.5 Å². The molecular formula is C28H32N6O2. The molecule has 0 spiro atoms. The van der Waals surface area contributed by atoms with Gasteiger partial charge in [-0.25, -0.2) is 4.99 Å². The van der Waals surface area contributed by atoms with E-state index in [1.807, 2.05) is 65.0 Å². The Kier molecular flexibility index (Phi) is 7.95. The van der Waals surface area contributed by atoms with Gasteiger partial charge < -0.3 is 14.5 Å². The lowest BCUT2D eigenvalue weighted by atomic mass is 10.1. The summed E-state index contributed by atoms with van der Waals surface area (Å²) in [6.45, 7) is 8.40. The summed E-state index contributed by atoms with van der Waals surface area (Å²) in [6.07, 6.45) is 3.26. The monoisotopic (exact) mass is 484 g/mol. The lowest BCUT2D eigenvalue weighted by molar-refractivity contribution is -0.133. The summed E-state index contributed by atoms with van der Waals surface area (Å²) in [6, 6.07) is 18.1. The van der Waals surface area contributed by atoms with Crippen LogP contribution in [0.25, 0.3) is 22.5 Å². The predicted molar refractivity (Wildman–Crippen MR) is 145 cm³/mol. The van der Waals surface area contributed by atoms with E-state index in [0.717, 1.165) is 33.8 Å². The van der Waals surface area contributed by atoms with Crippen LogP contribution in [0.15, 0.2) is 77.2 Å². The second-order valence-electron chi connectivity index (χ2n) is 8.53. The summed E-state index contributed by atoms with van der Waals surface area (Å²) < 4.78 is 7.22. The fraction of sp³-hybridized carbons (Fsp3) is 0.286. The molecule has 0 unspecified atom stereocenters. The topological polar surface area (TPSA) is 75.3 Å². The number of carbonyl (C=O) groups excluding carboxylic acids is 1. The van der Waals surface area contributed by atoms with Crippen molar-refractivity contribution in [3.8, 4) is 28.3 Å². The summed E-state index contributed by atoms with van der Waals surface area (Å²) in [4.78, 5) is 25.8. The van der Waals surface area contributed by atoms with Gasteiger partial charge in [-0.1, -0.05) is 43.0 Å². The number of ether oxygens (including phenoxy) is 1. The highest BCUT2D eigenvalue weighted by molar-refractivity contribution is 5.90. The molecule has 1 aromatic heterocycles. The first-order valence-electron chi connectivity index (χ1n) is 12.0. The van der Waals surface area contributed by atoms with Gasteiger partial charge in [0.25, 0.3) is 0 Å². The Hall–Kier alpha value is -4.20. The van der Waals surface area contributed by atoms with E-state index < -0.39 is 0 Å². The van der Waals surface area contributed by atoms with Crippen LogP contribution in [0.5, 0.6) is 5.75 Å². The van der Waals surface area contributed by atoms with Gasteiger partial charge >= 0.3 is 0 Å². The number of hydrogen-bond donors (Lipinski definition) is 0. The summed E-state index contributed by atoms with van der Waals surface area (Å²) in [5, 5.41) is 4.85. The zero-order chi connectivity index (χ0) is 25.5. The van der Waals surface area contributed by atoms with Gasteiger partial charge in [-0.3, -0.25) is 14.5 Å². The van der Waals surface area contributed by atoms with Gasteiger partial charge in [-0.2, -0.15) is 5.10 Å². The van der Waals surface area contributed by atoms with Gasteiger partial charge in [0.05, 0.1) is 18.5 Å². The number of aryl methyl sites for hydroxylation is 1. The van der Waals surface area contributed by atoms with Gasteiger partial charge in [-0.05, 0) is 42.3 Å². The zero-order valence-corrected chi connectivity index (χ0v) is 21.1. The van der Waals surface area contributed by atoms with Crippen LogP contribution in [-0.2, 0) is 11.3 Å². The number of carbonyl (C=O) groups is 1. The number of aromatic nitrogens is 2. The van der Waals surface area contributed by atoms with Gasteiger partial charge in [-0.15, -0.1) is 0 Å². The van der Waals surface area contributed by atoms with Crippen LogP contribution in [-0.4, -0.2) is 78.0 Å². The molecule has 3 aromatic rings. The SMILES string of the molecule is C=C/C=N\C(=NC)N1CCN(C(=O)Cn2nc(-c3ccc(OC)c(C)c3)cc2-c2ccccc2)CC1. The molecule has 2 aromatic carbocycles. The number of aliphatic imine (C=N–C) groups is 2. The van der Waals surface area contributed by atoms with Crippen molar-refractivity contribution in [1.82, 2.24) is 19.6 Å². The summed E-state index contributed by atoms with van der Waals surface area (Å²) in [5.74, 6) is 1.53. The molecule has 0 atom stereocenters. The van der Waals surface area contributed by atoms with E-state index in [1.54, 1.807) is 26.4 Å². The Bertz CT molecular complexity index is 1270. The molecule has 1 amide bonds. The summed E-state index contributed by atoms with van der Waals surface area (Å²) >= 11 is 0. The first-order chi connectivity index (χ1) is 17.5. The Labute approximate surface area is 212 Å². The van der Waals surface area contributed by atoms with Gasteiger partial charge in [0, 0.05) is 45.0 Å². The van der Waals surface area contributed by atoms with E-state index in [1.165, 1.54) is 0 Å². The summed E-state index contributed by atoms with van der Waals surface area (Å²) in [5.41, 5.74) is 4.76. The van der Waals surface area contributed by atoms with Crippen LogP contribution >= 0.6 is 0 Å². The van der Waals surface area contributed by atoms with Crippen molar-refractivity contribution in [1.29, 1.82) is 0 Å². The highest BCUT2D eigenvalue weighted by Crippen LogP contribution is 2.29. The average molecular weight is 485 g/mol. The van der Waals surface area contributed by atoms with Crippen LogP contribution in [0.1, 0.15) is 5.56 Å². The minimum Gasteiger partial charge on any atom is -0.496 e. The van der Waals surface area contributed by atoms with E-state index in [4.69, 9.17) is 9.84 Å². The average Bonchev–Trinajstić information content (AvgIpc) is 3.33. The smallest absolute Gasteiger partial charge is 0.244 e. The number of rotatable bonds is 6. The van der Waals surface area contributed by atoms with Crippen molar-refractivity contribution >= 4 is 18.1 Å². The molecule has 8 nitrogen and oxygen atoms in total. The Morgan fingerprint density at radius 2 is 1.78 bits per heavy atom. The third kappa shape index (κ3) is 5.54. The molecule has 0 N–H and O–H groups in total. The van der Waals surface area contributed by atoms with E-state index >= 15 is 0 Å². The van der Waals surface area contributed by atoms with Gasteiger partial charge in [0.1, 0.15) is 12.3 Å². The number of methoxy groups -OCH3 is 1. The van der Waals surface area contributed by atoms with Crippen molar-refractivity contribution in [2.75, 3.05) is 40.3 Å². The quantitative estimate of drug-likeness (QED) is 0.393. The second-order valence-corrected chi connectivity index (χ2v) is 8.53. The van der Waals surface area contributed by atoms with Crippen LogP contribution < -0.4 is 4.74 Å². The molecule has 0 aliphatic carbocycles. The second kappa shape index (κ2) is 11.5. The molecule has 2 heterocycles. The van der Waals surface area contributed by atoms with Crippen molar-refractivity contribution in [3.63, 3.8) is 0 Å². The molecular weight excluding hydrogens is 452 g/mol. The predicted octanol–water partition coefficient (Wildman–Crippen LogP) is 3.92. The lowest BCUT2D eigenvalue weighted by Crippen LogP contribution is -2.51. The fourth-order valence-corrected chi connectivity index (χ4v) is 4.34. The standard InChI is InChI=1S/C28H32N6O2/c1-5-13-30-28(29-3)33-16-14-32(15-17-33)27(35)20-34-25(22-9-7-6-8-10-22)19-24(31-34)23-11-12-26(36-4)21(2)18-23/h5-13,18-19H,1,14-17,20H2,2-4H3/b29-28?,30-13-. The van der Waals surface area contributed by atoms with Crippen molar-refractivity contribution in [2.24, 2.45) is 9.98 Å². The lowest BCUT2D eigenvalue weighted by Gasteiger charge is -2.35. The molecule has 1 aliphatic rings. The molecule has 1 saturated heterocycles. The number of nitrogens with zero attached hydrogens (tertiary/aromatic N) is 6. The molecule has 186 valence electrons. The van der Waals surface area contributed by atoms with Crippen molar-refractivity contribution in [3.05, 3.63) is 72.8 Å². The van der Waals surface area contributed by atoms with Gasteiger partial charge in [0.15, 0.2) is 0 Å². The maximum Gasteiger partial charge on any atom is 0.244 e. The van der Waals surface area contributed by atoms with E-state index in [0.29, 0.717) is 32.1 Å². The van der Waals surface area contributed by atoms with Gasteiger partial charge in [0.2, 0.25) is 11.9 Å². The molecule has 4 rings (SSSR count). The van der Waals surface area contributed by atoms with Crippen molar-refractivity contribution < 1.29 is 9.53 Å². The largest absolute Gasteiger partial charge is 0.496 e. The first-order valence-corrected chi connectivity index (χ1v) is 12.0. The van der Waals surface area contributed by atoms with Crippen molar-refractivity contribution in [2.45, 2.75) is 13.5 Å².